The van der Waals surface area contributed by atoms with Crippen molar-refractivity contribution in [3.8, 4) is 0 Å². The largest absolute Gasteiger partial charge is 0.439 e. The Kier molecular flexibility index (Phi) is 3.11. The highest BCUT2D eigenvalue weighted by Gasteiger charge is 2.05. The Morgan fingerprint density at radius 2 is 2.20 bits per heavy atom. The molecule has 78 valence electrons. The Balaban J connectivity index is 2.21. The maximum Gasteiger partial charge on any atom is 0.262 e. The summed E-state index contributed by atoms with van der Waals surface area (Å²) in [6.07, 6.45) is 3.42. The smallest absolute Gasteiger partial charge is 0.262 e. The molecule has 0 N–H and O–H groups in total. The Morgan fingerprint density at radius 1 is 1.40 bits per heavy atom. The lowest BCUT2D eigenvalue weighted by atomic mass is 10.3. The molecule has 0 radical (unpaired) electrons. The number of hydrogen-bond acceptors (Lipinski definition) is 4. The lowest BCUT2D eigenvalue weighted by Gasteiger charge is -1.99. The predicted molar refractivity (Wildman–Crippen MR) is 62.0 cm³/mol. The molecule has 0 saturated heterocycles. The summed E-state index contributed by atoms with van der Waals surface area (Å²) < 4.78 is 6.25. The van der Waals surface area contributed by atoms with Crippen LogP contribution in [0.15, 0.2) is 37.7 Å². The molecule has 2 rings (SSSR count). The summed E-state index contributed by atoms with van der Waals surface area (Å²) >= 11 is 4.83. The molecule has 0 unspecified atom stereocenters. The topological polar surface area (TPSA) is 38.9 Å². The zero-order valence-electron chi connectivity index (χ0n) is 8.32. The van der Waals surface area contributed by atoms with E-state index >= 15 is 0 Å². The van der Waals surface area contributed by atoms with Gasteiger partial charge in [-0.3, -0.25) is 0 Å². The molecule has 0 saturated carbocycles. The molecule has 3 nitrogen and oxygen atoms in total. The Bertz CT molecular complexity index is 484. The summed E-state index contributed by atoms with van der Waals surface area (Å²) in [5.41, 5.74) is 2.03. The van der Waals surface area contributed by atoms with Crippen molar-refractivity contribution in [1.82, 2.24) is 9.97 Å². The fourth-order valence-electron chi connectivity index (χ4n) is 1.04. The van der Waals surface area contributed by atoms with Crippen molar-refractivity contribution >= 4 is 27.7 Å². The van der Waals surface area contributed by atoms with Gasteiger partial charge in [-0.05, 0) is 53.2 Å². The quantitative estimate of drug-likeness (QED) is 0.845. The monoisotopic (exact) mass is 284 g/mol. The van der Waals surface area contributed by atoms with Crippen LogP contribution in [0.2, 0.25) is 0 Å². The van der Waals surface area contributed by atoms with E-state index in [1.54, 1.807) is 12.5 Å². The number of rotatable bonds is 2. The first-order chi connectivity index (χ1) is 7.15. The third-order valence-electron chi connectivity index (χ3n) is 1.81. The van der Waals surface area contributed by atoms with E-state index in [4.69, 9.17) is 4.42 Å². The van der Waals surface area contributed by atoms with Gasteiger partial charge >= 0.3 is 0 Å². The number of aromatic nitrogens is 2. The van der Waals surface area contributed by atoms with Crippen molar-refractivity contribution in [2.45, 2.75) is 24.1 Å². The minimum Gasteiger partial charge on any atom is -0.439 e. The molecular weight excluding hydrogens is 276 g/mol. The van der Waals surface area contributed by atoms with Crippen LogP contribution in [0.5, 0.6) is 0 Å². The molecule has 0 aliphatic rings. The van der Waals surface area contributed by atoms with Gasteiger partial charge in [-0.25, -0.2) is 9.97 Å². The Morgan fingerprint density at radius 3 is 2.80 bits per heavy atom. The fourth-order valence-corrected chi connectivity index (χ4v) is 2.06. The molecule has 0 atom stereocenters. The Hall–Kier alpha value is -0.810. The lowest BCUT2D eigenvalue weighted by molar-refractivity contribution is 0.454. The van der Waals surface area contributed by atoms with Crippen molar-refractivity contribution in [3.63, 3.8) is 0 Å². The van der Waals surface area contributed by atoms with Crippen LogP contribution in [-0.2, 0) is 0 Å². The van der Waals surface area contributed by atoms with Gasteiger partial charge < -0.3 is 4.42 Å². The zero-order valence-corrected chi connectivity index (χ0v) is 10.7. The average molecular weight is 285 g/mol. The first-order valence-corrected chi connectivity index (χ1v) is 5.98. The van der Waals surface area contributed by atoms with Gasteiger partial charge in [-0.15, -0.1) is 0 Å². The summed E-state index contributed by atoms with van der Waals surface area (Å²) in [4.78, 5) is 8.46. The molecular formula is C10H9BrN2OS. The molecule has 0 spiro atoms. The van der Waals surface area contributed by atoms with Crippen LogP contribution in [0.4, 0.5) is 0 Å². The van der Waals surface area contributed by atoms with Crippen LogP contribution >= 0.6 is 27.7 Å². The molecule has 0 aromatic carbocycles. The second kappa shape index (κ2) is 4.37. The standard InChI is InChI=1S/C10H9BrN2OS/c1-6-3-9(12-4-8(6)11)15-10-13-7(2)5-14-10/h3-5H,1-2H3. The first-order valence-electron chi connectivity index (χ1n) is 4.37. The molecule has 2 aromatic heterocycles. The molecule has 0 bridgehead atoms. The number of pyridine rings is 1. The fraction of sp³-hybridized carbons (Fsp3) is 0.200. The predicted octanol–water partition coefficient (Wildman–Crippen LogP) is 3.60. The summed E-state index contributed by atoms with van der Waals surface area (Å²) in [5, 5.41) is 1.51. The minimum atomic E-state index is 0.627. The minimum absolute atomic E-state index is 0.627. The van der Waals surface area contributed by atoms with E-state index < -0.39 is 0 Å². The van der Waals surface area contributed by atoms with E-state index in [0.717, 1.165) is 20.8 Å². The van der Waals surface area contributed by atoms with Crippen LogP contribution in [0.25, 0.3) is 0 Å². The second-order valence-electron chi connectivity index (χ2n) is 3.13. The van der Waals surface area contributed by atoms with Gasteiger partial charge in [0.2, 0.25) is 0 Å². The van der Waals surface area contributed by atoms with Crippen molar-refractivity contribution in [1.29, 1.82) is 0 Å². The number of oxazole rings is 1. The molecule has 0 fully saturated rings. The normalized spacial score (nSPS) is 10.6. The van der Waals surface area contributed by atoms with Crippen LogP contribution in [0.3, 0.4) is 0 Å². The Labute approximate surface area is 100 Å². The van der Waals surface area contributed by atoms with E-state index in [-0.39, 0.29) is 0 Å². The van der Waals surface area contributed by atoms with Crippen molar-refractivity contribution < 1.29 is 4.42 Å². The maximum absolute atomic E-state index is 5.24. The summed E-state index contributed by atoms with van der Waals surface area (Å²) in [7, 11) is 0. The third kappa shape index (κ3) is 2.60. The second-order valence-corrected chi connectivity index (χ2v) is 4.95. The van der Waals surface area contributed by atoms with E-state index in [2.05, 4.69) is 25.9 Å². The van der Waals surface area contributed by atoms with Gasteiger partial charge in [0.25, 0.3) is 5.22 Å². The molecule has 2 heterocycles. The number of aryl methyl sites for hydroxylation is 2. The van der Waals surface area contributed by atoms with Crippen LogP contribution in [-0.4, -0.2) is 9.97 Å². The summed E-state index contributed by atoms with van der Waals surface area (Å²) in [6, 6.07) is 1.99. The molecule has 0 aliphatic carbocycles. The van der Waals surface area contributed by atoms with Crippen molar-refractivity contribution in [2.75, 3.05) is 0 Å². The number of nitrogens with zero attached hydrogens (tertiary/aromatic N) is 2. The maximum atomic E-state index is 5.24. The van der Waals surface area contributed by atoms with Gasteiger partial charge in [0.1, 0.15) is 11.3 Å². The third-order valence-corrected chi connectivity index (χ3v) is 3.44. The SMILES string of the molecule is Cc1coc(Sc2cc(C)c(Br)cn2)n1. The van der Waals surface area contributed by atoms with Gasteiger partial charge in [-0.2, -0.15) is 0 Å². The molecule has 0 amide bonds. The van der Waals surface area contributed by atoms with Gasteiger partial charge in [0.15, 0.2) is 0 Å². The number of hydrogen-bond donors (Lipinski definition) is 0. The highest BCUT2D eigenvalue weighted by molar-refractivity contribution is 9.10. The van der Waals surface area contributed by atoms with Gasteiger partial charge in [-0.1, -0.05) is 0 Å². The van der Waals surface area contributed by atoms with E-state index in [1.165, 1.54) is 11.8 Å². The summed E-state index contributed by atoms with van der Waals surface area (Å²) in [6.45, 7) is 3.92. The van der Waals surface area contributed by atoms with Gasteiger partial charge in [0.05, 0.1) is 5.69 Å². The lowest BCUT2D eigenvalue weighted by Crippen LogP contribution is -1.83. The van der Waals surface area contributed by atoms with Crippen LogP contribution in [0.1, 0.15) is 11.3 Å². The zero-order chi connectivity index (χ0) is 10.8. The van der Waals surface area contributed by atoms with Crippen LogP contribution < -0.4 is 0 Å². The van der Waals surface area contributed by atoms with E-state index in [9.17, 15) is 0 Å². The average Bonchev–Trinajstić information content (AvgIpc) is 2.58. The van der Waals surface area contributed by atoms with E-state index in [1.807, 2.05) is 19.9 Å². The highest BCUT2D eigenvalue weighted by atomic mass is 79.9. The first kappa shape index (κ1) is 10.7. The van der Waals surface area contributed by atoms with Crippen molar-refractivity contribution in [2.24, 2.45) is 0 Å². The number of halogens is 1. The summed E-state index contributed by atoms with van der Waals surface area (Å²) in [5.74, 6) is 0. The highest BCUT2D eigenvalue weighted by Crippen LogP contribution is 2.27. The van der Waals surface area contributed by atoms with Gasteiger partial charge in [0, 0.05) is 10.7 Å². The van der Waals surface area contributed by atoms with Crippen LogP contribution in [0, 0.1) is 13.8 Å². The molecule has 15 heavy (non-hydrogen) atoms. The molecule has 0 aliphatic heterocycles. The molecule has 5 heteroatoms. The van der Waals surface area contributed by atoms with Crippen molar-refractivity contribution in [3.05, 3.63) is 34.3 Å². The van der Waals surface area contributed by atoms with E-state index in [0.29, 0.717) is 5.22 Å². The molecule has 2 aromatic rings.